The number of carbonyl (C=O) groups excluding carboxylic acids is 1. The molecule has 0 aliphatic heterocycles. The van der Waals surface area contributed by atoms with Gasteiger partial charge in [-0.2, -0.15) is 0 Å². The Labute approximate surface area is 169 Å². The van der Waals surface area contributed by atoms with Gasteiger partial charge in [0.2, 0.25) is 0 Å². The minimum Gasteiger partial charge on any atom is -0.490 e. The number of hydrogen-bond acceptors (Lipinski definition) is 4. The molecule has 152 valence electrons. The molecule has 0 aliphatic rings. The molecule has 0 saturated heterocycles. The third-order valence-electron chi connectivity index (χ3n) is 4.28. The maximum absolute atomic E-state index is 13.1. The summed E-state index contributed by atoms with van der Waals surface area (Å²) in [6.45, 7) is 5.42. The van der Waals surface area contributed by atoms with Crippen molar-refractivity contribution < 1.29 is 18.7 Å². The molecular formula is C22H24FN3O3. The lowest BCUT2D eigenvalue weighted by Gasteiger charge is -2.13. The number of aromatic nitrogens is 2. The van der Waals surface area contributed by atoms with Crippen molar-refractivity contribution in [1.29, 1.82) is 0 Å². The number of imidazole rings is 1. The summed E-state index contributed by atoms with van der Waals surface area (Å²) in [5.74, 6) is 0.835. The first kappa shape index (κ1) is 20.4. The predicted molar refractivity (Wildman–Crippen MR) is 108 cm³/mol. The summed E-state index contributed by atoms with van der Waals surface area (Å²) in [5, 5.41) is 2.90. The number of nitrogens with zero attached hydrogens (tertiary/aromatic N) is 2. The van der Waals surface area contributed by atoms with E-state index in [0.717, 1.165) is 5.56 Å². The van der Waals surface area contributed by atoms with E-state index in [9.17, 15) is 9.18 Å². The van der Waals surface area contributed by atoms with Crippen LogP contribution >= 0.6 is 0 Å². The molecule has 0 saturated carbocycles. The predicted octanol–water partition coefficient (Wildman–Crippen LogP) is 3.78. The summed E-state index contributed by atoms with van der Waals surface area (Å²) >= 11 is 0. The Morgan fingerprint density at radius 3 is 2.52 bits per heavy atom. The van der Waals surface area contributed by atoms with E-state index in [-0.39, 0.29) is 11.7 Å². The molecule has 1 amide bonds. The van der Waals surface area contributed by atoms with Crippen LogP contribution in [0.2, 0.25) is 0 Å². The summed E-state index contributed by atoms with van der Waals surface area (Å²) in [4.78, 5) is 16.6. The fourth-order valence-corrected chi connectivity index (χ4v) is 2.93. The van der Waals surface area contributed by atoms with Gasteiger partial charge in [0.1, 0.15) is 11.5 Å². The molecule has 3 rings (SSSR count). The van der Waals surface area contributed by atoms with E-state index in [1.165, 1.54) is 24.7 Å². The van der Waals surface area contributed by atoms with Crippen LogP contribution in [0.4, 0.5) is 4.39 Å². The van der Waals surface area contributed by atoms with E-state index < -0.39 is 0 Å². The van der Waals surface area contributed by atoms with Crippen molar-refractivity contribution in [2.24, 2.45) is 0 Å². The smallest absolute Gasteiger partial charge is 0.269 e. The van der Waals surface area contributed by atoms with Gasteiger partial charge in [0.25, 0.3) is 5.91 Å². The summed E-state index contributed by atoms with van der Waals surface area (Å²) in [7, 11) is 0. The Morgan fingerprint density at radius 1 is 1.07 bits per heavy atom. The highest BCUT2D eigenvalue weighted by Gasteiger charge is 2.13. The fourth-order valence-electron chi connectivity index (χ4n) is 2.93. The van der Waals surface area contributed by atoms with Crippen LogP contribution in [0, 0.1) is 5.82 Å². The van der Waals surface area contributed by atoms with Gasteiger partial charge in [-0.25, -0.2) is 9.37 Å². The molecule has 1 heterocycles. The van der Waals surface area contributed by atoms with E-state index in [1.807, 2.05) is 32.0 Å². The van der Waals surface area contributed by atoms with Gasteiger partial charge < -0.3 is 14.8 Å². The molecule has 0 unspecified atom stereocenters. The maximum atomic E-state index is 13.1. The largest absolute Gasteiger partial charge is 0.490 e. The normalized spacial score (nSPS) is 10.6. The lowest BCUT2D eigenvalue weighted by atomic mass is 10.1. The molecular weight excluding hydrogens is 373 g/mol. The minimum atomic E-state index is -0.332. The van der Waals surface area contributed by atoms with Gasteiger partial charge in [0, 0.05) is 12.2 Å². The van der Waals surface area contributed by atoms with Gasteiger partial charge in [0.05, 0.1) is 25.7 Å². The molecule has 6 nitrogen and oxygen atoms in total. The lowest BCUT2D eigenvalue weighted by molar-refractivity contribution is 0.0947. The molecule has 29 heavy (non-hydrogen) atoms. The molecule has 0 radical (unpaired) electrons. The van der Waals surface area contributed by atoms with Gasteiger partial charge in [-0.3, -0.25) is 9.36 Å². The summed E-state index contributed by atoms with van der Waals surface area (Å²) in [6, 6.07) is 11.7. The molecule has 0 aliphatic carbocycles. The highest BCUT2D eigenvalue weighted by Crippen LogP contribution is 2.28. The molecule has 1 N–H and O–H groups in total. The Bertz CT molecular complexity index is 954. The number of hydrogen-bond donors (Lipinski definition) is 1. The summed E-state index contributed by atoms with van der Waals surface area (Å²) < 4.78 is 26.0. The van der Waals surface area contributed by atoms with Crippen LogP contribution in [-0.2, 0) is 6.42 Å². The first-order chi connectivity index (χ1) is 14.1. The van der Waals surface area contributed by atoms with Crippen molar-refractivity contribution >= 4 is 5.91 Å². The van der Waals surface area contributed by atoms with E-state index >= 15 is 0 Å². The number of halogens is 1. The molecule has 1 aromatic heterocycles. The van der Waals surface area contributed by atoms with Crippen molar-refractivity contribution in [3.8, 4) is 17.2 Å². The van der Waals surface area contributed by atoms with Crippen LogP contribution in [0.25, 0.3) is 5.69 Å². The quantitative estimate of drug-likeness (QED) is 0.597. The van der Waals surface area contributed by atoms with Crippen LogP contribution in [0.15, 0.2) is 55.0 Å². The minimum absolute atomic E-state index is 0.247. The third-order valence-corrected chi connectivity index (χ3v) is 4.28. The second-order valence-corrected chi connectivity index (χ2v) is 6.28. The number of rotatable bonds is 9. The number of carbonyl (C=O) groups is 1. The van der Waals surface area contributed by atoms with Crippen LogP contribution in [0.1, 0.15) is 29.9 Å². The van der Waals surface area contributed by atoms with Gasteiger partial charge in [-0.15, -0.1) is 0 Å². The Balaban J connectivity index is 1.63. The van der Waals surface area contributed by atoms with Crippen LogP contribution in [-0.4, -0.2) is 35.2 Å². The first-order valence-electron chi connectivity index (χ1n) is 9.57. The zero-order valence-electron chi connectivity index (χ0n) is 16.5. The van der Waals surface area contributed by atoms with E-state index in [4.69, 9.17) is 9.47 Å². The topological polar surface area (TPSA) is 65.4 Å². The van der Waals surface area contributed by atoms with Gasteiger partial charge >= 0.3 is 0 Å². The zero-order chi connectivity index (χ0) is 20.6. The Hall–Kier alpha value is -3.35. The van der Waals surface area contributed by atoms with Gasteiger partial charge in [-0.05, 0) is 62.2 Å². The fraction of sp³-hybridized carbons (Fsp3) is 0.273. The molecule has 2 aromatic carbocycles. The lowest BCUT2D eigenvalue weighted by Crippen LogP contribution is -2.27. The second-order valence-electron chi connectivity index (χ2n) is 6.28. The molecule has 3 aromatic rings. The van der Waals surface area contributed by atoms with Crippen molar-refractivity contribution in [1.82, 2.24) is 14.9 Å². The van der Waals surface area contributed by atoms with Crippen LogP contribution in [0.5, 0.6) is 11.5 Å². The van der Waals surface area contributed by atoms with Crippen molar-refractivity contribution in [2.45, 2.75) is 20.3 Å². The number of ether oxygens (including phenoxy) is 2. The average Bonchev–Trinajstić information content (AvgIpc) is 3.21. The van der Waals surface area contributed by atoms with Gasteiger partial charge in [0.15, 0.2) is 11.5 Å². The molecule has 0 atom stereocenters. The third kappa shape index (κ3) is 5.13. The molecule has 0 spiro atoms. The van der Waals surface area contributed by atoms with Crippen molar-refractivity contribution in [2.75, 3.05) is 19.8 Å². The van der Waals surface area contributed by atoms with Crippen LogP contribution in [0.3, 0.4) is 0 Å². The highest BCUT2D eigenvalue weighted by atomic mass is 19.1. The first-order valence-corrected chi connectivity index (χ1v) is 9.57. The summed E-state index contributed by atoms with van der Waals surface area (Å²) in [5.41, 5.74) is 2.09. The number of amides is 1. The van der Waals surface area contributed by atoms with Crippen molar-refractivity contribution in [3.63, 3.8) is 0 Å². The number of nitrogens with one attached hydrogen (secondary N) is 1. The monoisotopic (exact) mass is 397 g/mol. The van der Waals surface area contributed by atoms with E-state index in [0.29, 0.717) is 49.1 Å². The van der Waals surface area contributed by atoms with E-state index in [2.05, 4.69) is 10.3 Å². The van der Waals surface area contributed by atoms with Crippen LogP contribution < -0.4 is 14.8 Å². The zero-order valence-corrected chi connectivity index (χ0v) is 16.5. The number of benzene rings is 2. The molecule has 7 heteroatoms. The Morgan fingerprint density at radius 2 is 1.79 bits per heavy atom. The highest BCUT2D eigenvalue weighted by molar-refractivity contribution is 5.93. The average molecular weight is 397 g/mol. The molecule has 0 fully saturated rings. The van der Waals surface area contributed by atoms with E-state index in [1.54, 1.807) is 16.7 Å². The summed E-state index contributed by atoms with van der Waals surface area (Å²) in [6.07, 6.45) is 3.66. The maximum Gasteiger partial charge on any atom is 0.269 e. The molecule has 0 bridgehead atoms. The van der Waals surface area contributed by atoms with Gasteiger partial charge in [-0.1, -0.05) is 6.07 Å². The Kier molecular flexibility index (Phi) is 6.84. The van der Waals surface area contributed by atoms with Crippen molar-refractivity contribution in [3.05, 3.63) is 72.1 Å². The standard InChI is InChI=1S/C22H24FN3O3/c1-3-28-20-10-5-16(13-21(20)29-4-2)11-12-25-22(27)19-14-24-15-26(19)18-8-6-17(23)7-9-18/h5-10,13-15H,3-4,11-12H2,1-2H3,(H,25,27). The second kappa shape index (κ2) is 9.73. The SMILES string of the molecule is CCOc1ccc(CCNC(=O)c2cncn2-c2ccc(F)cc2)cc1OCC.